The molecule has 162 valence electrons. The Morgan fingerprint density at radius 2 is 1.88 bits per heavy atom. The molecule has 1 aliphatic rings. The van der Waals surface area contributed by atoms with Gasteiger partial charge in [0.2, 0.25) is 0 Å². The zero-order chi connectivity index (χ0) is 22.2. The largest absolute Gasteiger partial charge is 0.328 e. The second-order valence-corrected chi connectivity index (χ2v) is 8.28. The first-order chi connectivity index (χ1) is 15.6. The Bertz CT molecular complexity index is 1350. The van der Waals surface area contributed by atoms with Crippen LogP contribution in [0.4, 0.5) is 0 Å². The molecule has 32 heavy (non-hydrogen) atoms. The number of imidazole rings is 1. The lowest BCUT2D eigenvalue weighted by atomic mass is 10.0. The van der Waals surface area contributed by atoms with Crippen molar-refractivity contribution in [2.45, 2.75) is 39.3 Å². The van der Waals surface area contributed by atoms with Crippen LogP contribution in [0.25, 0.3) is 22.2 Å². The first-order valence-corrected chi connectivity index (χ1v) is 11.1. The molecule has 0 radical (unpaired) electrons. The fourth-order valence-electron chi connectivity index (χ4n) is 4.81. The lowest BCUT2D eigenvalue weighted by molar-refractivity contribution is 0.0726. The van der Waals surface area contributed by atoms with Crippen molar-refractivity contribution >= 4 is 16.9 Å². The van der Waals surface area contributed by atoms with Gasteiger partial charge in [0.15, 0.2) is 0 Å². The van der Waals surface area contributed by atoms with Gasteiger partial charge < -0.3 is 14.5 Å². The number of H-pyrrole nitrogens is 1. The minimum absolute atomic E-state index is 0.143. The minimum Gasteiger partial charge on any atom is -0.328 e. The van der Waals surface area contributed by atoms with Crippen LogP contribution in [0.2, 0.25) is 0 Å². The number of carbonyl (C=O) groups is 1. The van der Waals surface area contributed by atoms with Gasteiger partial charge in [-0.25, -0.2) is 4.98 Å². The van der Waals surface area contributed by atoms with E-state index in [1.165, 1.54) is 0 Å². The molecular weight excluding hydrogens is 400 g/mol. The Morgan fingerprint density at radius 3 is 2.66 bits per heavy atom. The Kier molecular flexibility index (Phi) is 5.13. The second-order valence-electron chi connectivity index (χ2n) is 8.28. The number of para-hydroxylation sites is 2. The number of likely N-dealkylation sites (tertiary alicyclic amines) is 1. The molecule has 3 heterocycles. The van der Waals surface area contributed by atoms with Crippen molar-refractivity contribution in [3.05, 3.63) is 88.1 Å². The van der Waals surface area contributed by atoms with Crippen LogP contribution < -0.4 is 5.56 Å². The number of nitrogens with one attached hydrogen (secondary N) is 1. The molecule has 1 aliphatic heterocycles. The standard InChI is InChI=1S/C26H26N4O2/c1-3-29-22-13-8-7-12-21(22)28-24(29)23-14-9-15-30(23)26(32)20-16-19(17(2)27-25(20)31)18-10-5-4-6-11-18/h4-8,10-13,16,23H,3,9,14-15H2,1-2H3,(H,27,31). The van der Waals surface area contributed by atoms with Crippen molar-refractivity contribution in [2.75, 3.05) is 6.54 Å². The number of aromatic nitrogens is 3. The number of carbonyl (C=O) groups excluding carboxylic acids is 1. The molecule has 0 bridgehead atoms. The zero-order valence-electron chi connectivity index (χ0n) is 18.3. The van der Waals surface area contributed by atoms with E-state index in [0.717, 1.165) is 53.1 Å². The second kappa shape index (κ2) is 8.11. The quantitative estimate of drug-likeness (QED) is 0.514. The van der Waals surface area contributed by atoms with Crippen LogP contribution in [0, 0.1) is 6.92 Å². The van der Waals surface area contributed by atoms with Gasteiger partial charge in [-0.15, -0.1) is 0 Å². The van der Waals surface area contributed by atoms with Gasteiger partial charge in [-0.2, -0.15) is 0 Å². The summed E-state index contributed by atoms with van der Waals surface area (Å²) in [6, 6.07) is 19.5. The van der Waals surface area contributed by atoms with Gasteiger partial charge in [-0.05, 0) is 50.5 Å². The average Bonchev–Trinajstić information content (AvgIpc) is 3.43. The smallest absolute Gasteiger partial charge is 0.261 e. The molecule has 6 heteroatoms. The normalized spacial score (nSPS) is 16.1. The predicted molar refractivity (Wildman–Crippen MR) is 126 cm³/mol. The van der Waals surface area contributed by atoms with Crippen LogP contribution in [-0.4, -0.2) is 31.9 Å². The summed E-state index contributed by atoms with van der Waals surface area (Å²) in [6.07, 6.45) is 1.73. The molecule has 1 unspecified atom stereocenters. The number of fused-ring (bicyclic) bond motifs is 1. The molecule has 4 aromatic rings. The molecule has 2 aromatic carbocycles. The minimum atomic E-state index is -0.346. The Morgan fingerprint density at radius 1 is 1.12 bits per heavy atom. The fraction of sp³-hybridized carbons (Fsp3) is 0.269. The summed E-state index contributed by atoms with van der Waals surface area (Å²) in [5.41, 5.74) is 4.43. The average molecular weight is 427 g/mol. The van der Waals surface area contributed by atoms with Crippen LogP contribution in [0.5, 0.6) is 0 Å². The van der Waals surface area contributed by atoms with Crippen LogP contribution in [0.1, 0.15) is 47.7 Å². The first-order valence-electron chi connectivity index (χ1n) is 11.1. The van der Waals surface area contributed by atoms with E-state index >= 15 is 0 Å². The molecule has 1 amide bonds. The molecule has 5 rings (SSSR count). The SMILES string of the molecule is CCn1c(C2CCCN2C(=O)c2cc(-c3ccccc3)c(C)[nH]c2=O)nc2ccccc21. The van der Waals surface area contributed by atoms with Gasteiger partial charge >= 0.3 is 0 Å². The summed E-state index contributed by atoms with van der Waals surface area (Å²) in [7, 11) is 0. The van der Waals surface area contributed by atoms with Crippen molar-refractivity contribution in [3.63, 3.8) is 0 Å². The number of amides is 1. The number of rotatable bonds is 4. The number of pyridine rings is 1. The third kappa shape index (κ3) is 3.32. The van der Waals surface area contributed by atoms with Crippen molar-refractivity contribution in [1.29, 1.82) is 0 Å². The highest BCUT2D eigenvalue weighted by atomic mass is 16.2. The number of aryl methyl sites for hydroxylation is 2. The highest BCUT2D eigenvalue weighted by molar-refractivity contribution is 5.95. The highest BCUT2D eigenvalue weighted by Crippen LogP contribution is 2.34. The number of hydrogen-bond acceptors (Lipinski definition) is 3. The summed E-state index contributed by atoms with van der Waals surface area (Å²) in [4.78, 5) is 36.0. The van der Waals surface area contributed by atoms with E-state index < -0.39 is 0 Å². The molecular formula is C26H26N4O2. The van der Waals surface area contributed by atoms with Crippen molar-refractivity contribution in [2.24, 2.45) is 0 Å². The van der Waals surface area contributed by atoms with E-state index in [1.54, 1.807) is 6.07 Å². The maximum absolute atomic E-state index is 13.6. The van der Waals surface area contributed by atoms with Crippen LogP contribution in [-0.2, 0) is 6.54 Å². The highest BCUT2D eigenvalue weighted by Gasteiger charge is 2.35. The molecule has 1 fully saturated rings. The molecule has 1 atom stereocenters. The van der Waals surface area contributed by atoms with Gasteiger partial charge in [-0.1, -0.05) is 42.5 Å². The van der Waals surface area contributed by atoms with Gasteiger partial charge in [0.1, 0.15) is 11.4 Å². The van der Waals surface area contributed by atoms with Gasteiger partial charge in [-0.3, -0.25) is 9.59 Å². The third-order valence-electron chi connectivity index (χ3n) is 6.37. The van der Waals surface area contributed by atoms with Crippen LogP contribution in [0.15, 0.2) is 65.5 Å². The summed E-state index contributed by atoms with van der Waals surface area (Å²) >= 11 is 0. The van der Waals surface area contributed by atoms with E-state index in [1.807, 2.05) is 60.4 Å². The summed E-state index contributed by atoms with van der Waals surface area (Å²) in [5, 5.41) is 0. The molecule has 6 nitrogen and oxygen atoms in total. The van der Waals surface area contributed by atoms with Gasteiger partial charge in [0.25, 0.3) is 11.5 Å². The lowest BCUT2D eigenvalue weighted by Gasteiger charge is -2.25. The summed E-state index contributed by atoms with van der Waals surface area (Å²) < 4.78 is 2.18. The maximum atomic E-state index is 13.6. The van der Waals surface area contributed by atoms with E-state index in [2.05, 4.69) is 22.5 Å². The van der Waals surface area contributed by atoms with E-state index in [4.69, 9.17) is 4.98 Å². The topological polar surface area (TPSA) is 71.0 Å². The Hall–Kier alpha value is -3.67. The van der Waals surface area contributed by atoms with Crippen molar-refractivity contribution in [3.8, 4) is 11.1 Å². The number of hydrogen-bond donors (Lipinski definition) is 1. The van der Waals surface area contributed by atoms with E-state index in [9.17, 15) is 9.59 Å². The maximum Gasteiger partial charge on any atom is 0.261 e. The van der Waals surface area contributed by atoms with Crippen LogP contribution >= 0.6 is 0 Å². The molecule has 0 spiro atoms. The molecule has 1 saturated heterocycles. The first kappa shape index (κ1) is 20.2. The van der Waals surface area contributed by atoms with Gasteiger partial charge in [0, 0.05) is 24.3 Å². The zero-order valence-corrected chi connectivity index (χ0v) is 18.3. The summed E-state index contributed by atoms with van der Waals surface area (Å²) in [6.45, 7) is 5.35. The number of aromatic amines is 1. The summed E-state index contributed by atoms with van der Waals surface area (Å²) in [5.74, 6) is 0.659. The molecule has 0 saturated carbocycles. The molecule has 2 aromatic heterocycles. The third-order valence-corrected chi connectivity index (χ3v) is 6.37. The van der Waals surface area contributed by atoms with Gasteiger partial charge in [0.05, 0.1) is 17.1 Å². The lowest BCUT2D eigenvalue weighted by Crippen LogP contribution is -2.35. The Labute approximate surface area is 186 Å². The number of nitrogens with zero attached hydrogens (tertiary/aromatic N) is 3. The molecule has 1 N–H and O–H groups in total. The van der Waals surface area contributed by atoms with Crippen LogP contribution in [0.3, 0.4) is 0 Å². The molecule has 0 aliphatic carbocycles. The monoisotopic (exact) mass is 426 g/mol. The van der Waals surface area contributed by atoms with E-state index in [-0.39, 0.29) is 23.1 Å². The van der Waals surface area contributed by atoms with Crippen molar-refractivity contribution < 1.29 is 4.79 Å². The predicted octanol–water partition coefficient (Wildman–Crippen LogP) is 4.70. The number of benzene rings is 2. The van der Waals surface area contributed by atoms with Crippen molar-refractivity contribution in [1.82, 2.24) is 19.4 Å². The fourth-order valence-corrected chi connectivity index (χ4v) is 4.81. The Balaban J connectivity index is 1.56. The van der Waals surface area contributed by atoms with E-state index in [0.29, 0.717) is 6.54 Å².